The molecular weight excluding hydrogens is 246 g/mol. The lowest BCUT2D eigenvalue weighted by Gasteiger charge is -2.29. The first-order chi connectivity index (χ1) is 9.17. The van der Waals surface area contributed by atoms with Gasteiger partial charge in [-0.25, -0.2) is 0 Å². The van der Waals surface area contributed by atoms with Crippen LogP contribution in [-0.2, 0) is 11.3 Å². The van der Waals surface area contributed by atoms with Crippen molar-refractivity contribution >= 4 is 5.97 Å². The number of nitrogens with one attached hydrogen (secondary N) is 1. The minimum atomic E-state index is -0.787. The van der Waals surface area contributed by atoms with Crippen LogP contribution in [0.5, 0.6) is 5.75 Å². The van der Waals surface area contributed by atoms with E-state index in [4.69, 9.17) is 9.84 Å². The highest BCUT2D eigenvalue weighted by Gasteiger charge is 2.30. The van der Waals surface area contributed by atoms with E-state index in [0.717, 1.165) is 37.3 Å². The standard InChI is InChI=1S/C13H21N3O3/c1-3-7-16-12(11(19-2)8-14-16)9-5-4-6-10(15-9)13(17)18/h8-10,15H,3-7H2,1-2H3,(H,17,18). The molecule has 19 heavy (non-hydrogen) atoms. The van der Waals surface area contributed by atoms with Gasteiger partial charge in [0.2, 0.25) is 0 Å². The molecule has 1 aromatic rings. The van der Waals surface area contributed by atoms with Gasteiger partial charge in [-0.1, -0.05) is 6.92 Å². The van der Waals surface area contributed by atoms with Crippen LogP contribution in [0.2, 0.25) is 0 Å². The van der Waals surface area contributed by atoms with Crippen LogP contribution in [0.1, 0.15) is 44.3 Å². The molecule has 1 fully saturated rings. The highest BCUT2D eigenvalue weighted by atomic mass is 16.5. The van der Waals surface area contributed by atoms with Crippen LogP contribution in [0.15, 0.2) is 6.20 Å². The van der Waals surface area contributed by atoms with E-state index in [9.17, 15) is 4.79 Å². The minimum Gasteiger partial charge on any atom is -0.493 e. The zero-order valence-electron chi connectivity index (χ0n) is 11.4. The highest BCUT2D eigenvalue weighted by Crippen LogP contribution is 2.32. The number of nitrogens with zero attached hydrogens (tertiary/aromatic N) is 2. The molecule has 106 valence electrons. The summed E-state index contributed by atoms with van der Waals surface area (Å²) in [7, 11) is 1.62. The third-order valence-corrected chi connectivity index (χ3v) is 3.52. The summed E-state index contributed by atoms with van der Waals surface area (Å²) in [6.07, 6.45) is 5.17. The number of carbonyl (C=O) groups is 1. The molecule has 1 aliphatic rings. The normalized spacial score (nSPS) is 23.3. The Kier molecular flexibility index (Phi) is 4.42. The molecule has 2 heterocycles. The second-order valence-electron chi connectivity index (χ2n) is 4.86. The van der Waals surface area contributed by atoms with Crippen molar-refractivity contribution in [3.8, 4) is 5.75 Å². The fraction of sp³-hybridized carbons (Fsp3) is 0.692. The lowest BCUT2D eigenvalue weighted by atomic mass is 9.96. The van der Waals surface area contributed by atoms with Crippen molar-refractivity contribution in [1.29, 1.82) is 0 Å². The summed E-state index contributed by atoms with van der Waals surface area (Å²) in [5, 5.41) is 16.7. The third-order valence-electron chi connectivity index (χ3n) is 3.52. The highest BCUT2D eigenvalue weighted by molar-refractivity contribution is 5.73. The molecule has 0 saturated carbocycles. The van der Waals surface area contributed by atoms with E-state index in [-0.39, 0.29) is 6.04 Å². The van der Waals surface area contributed by atoms with Crippen molar-refractivity contribution in [2.24, 2.45) is 0 Å². The average molecular weight is 267 g/mol. The van der Waals surface area contributed by atoms with Crippen LogP contribution in [0.3, 0.4) is 0 Å². The molecule has 2 N–H and O–H groups in total. The van der Waals surface area contributed by atoms with E-state index in [0.29, 0.717) is 6.42 Å². The summed E-state index contributed by atoms with van der Waals surface area (Å²) in [6.45, 7) is 2.90. The van der Waals surface area contributed by atoms with E-state index in [1.165, 1.54) is 0 Å². The summed E-state index contributed by atoms with van der Waals surface area (Å²) in [5.41, 5.74) is 0.968. The topological polar surface area (TPSA) is 76.4 Å². The van der Waals surface area contributed by atoms with E-state index in [1.54, 1.807) is 13.3 Å². The molecule has 0 amide bonds. The lowest BCUT2D eigenvalue weighted by molar-refractivity contribution is -0.140. The SMILES string of the molecule is CCCn1ncc(OC)c1C1CCCC(C(=O)O)N1. The Hall–Kier alpha value is -1.56. The Morgan fingerprint density at radius 3 is 3.05 bits per heavy atom. The van der Waals surface area contributed by atoms with Gasteiger partial charge in [-0.05, 0) is 25.7 Å². The zero-order valence-corrected chi connectivity index (χ0v) is 11.4. The van der Waals surface area contributed by atoms with Crippen molar-refractivity contribution in [3.05, 3.63) is 11.9 Å². The summed E-state index contributed by atoms with van der Waals surface area (Å²) in [5.74, 6) is -0.0535. The van der Waals surface area contributed by atoms with Gasteiger partial charge in [-0.15, -0.1) is 0 Å². The molecular formula is C13H21N3O3. The Morgan fingerprint density at radius 1 is 1.63 bits per heavy atom. The molecule has 2 rings (SSSR count). The molecule has 0 bridgehead atoms. The Balaban J connectivity index is 2.24. The average Bonchev–Trinajstić information content (AvgIpc) is 2.82. The smallest absolute Gasteiger partial charge is 0.320 e. The minimum absolute atomic E-state index is 0.00106. The number of piperidine rings is 1. The van der Waals surface area contributed by atoms with E-state index < -0.39 is 12.0 Å². The molecule has 0 aliphatic carbocycles. The zero-order chi connectivity index (χ0) is 13.8. The molecule has 6 heteroatoms. The number of rotatable bonds is 5. The summed E-state index contributed by atoms with van der Waals surface area (Å²) < 4.78 is 7.27. The first kappa shape index (κ1) is 13.9. The fourth-order valence-electron chi connectivity index (χ4n) is 2.62. The predicted molar refractivity (Wildman–Crippen MR) is 70.2 cm³/mol. The molecule has 0 spiro atoms. The first-order valence-electron chi connectivity index (χ1n) is 6.76. The van der Waals surface area contributed by atoms with E-state index in [1.807, 2.05) is 4.68 Å². The van der Waals surface area contributed by atoms with E-state index in [2.05, 4.69) is 17.3 Å². The van der Waals surface area contributed by atoms with Gasteiger partial charge in [0.05, 0.1) is 25.0 Å². The van der Waals surface area contributed by atoms with Gasteiger partial charge in [0.25, 0.3) is 0 Å². The number of ether oxygens (including phenoxy) is 1. The molecule has 6 nitrogen and oxygen atoms in total. The third kappa shape index (κ3) is 2.89. The van der Waals surface area contributed by atoms with Gasteiger partial charge in [-0.2, -0.15) is 5.10 Å². The predicted octanol–water partition coefficient (Wildman–Crippen LogP) is 1.57. The van der Waals surface area contributed by atoms with Crippen LogP contribution in [0.4, 0.5) is 0 Å². The maximum absolute atomic E-state index is 11.1. The van der Waals surface area contributed by atoms with Crippen LogP contribution in [0, 0.1) is 0 Å². The maximum atomic E-state index is 11.1. The molecule has 0 radical (unpaired) electrons. The number of hydrogen-bond acceptors (Lipinski definition) is 4. The summed E-state index contributed by atoms with van der Waals surface area (Å²) in [6, 6.07) is -0.479. The quantitative estimate of drug-likeness (QED) is 0.847. The summed E-state index contributed by atoms with van der Waals surface area (Å²) >= 11 is 0. The molecule has 0 aromatic carbocycles. The second-order valence-corrected chi connectivity index (χ2v) is 4.86. The Labute approximate surface area is 112 Å². The Bertz CT molecular complexity index is 444. The summed E-state index contributed by atoms with van der Waals surface area (Å²) in [4.78, 5) is 11.1. The fourth-order valence-corrected chi connectivity index (χ4v) is 2.62. The number of methoxy groups -OCH3 is 1. The van der Waals surface area contributed by atoms with Gasteiger partial charge in [0.1, 0.15) is 6.04 Å². The van der Waals surface area contributed by atoms with Crippen LogP contribution < -0.4 is 10.1 Å². The number of hydrogen-bond donors (Lipinski definition) is 2. The molecule has 2 atom stereocenters. The largest absolute Gasteiger partial charge is 0.493 e. The van der Waals surface area contributed by atoms with Gasteiger partial charge < -0.3 is 9.84 Å². The number of aromatic nitrogens is 2. The van der Waals surface area contributed by atoms with Crippen molar-refractivity contribution in [1.82, 2.24) is 15.1 Å². The Morgan fingerprint density at radius 2 is 2.42 bits per heavy atom. The second kappa shape index (κ2) is 6.06. The van der Waals surface area contributed by atoms with Gasteiger partial charge in [0.15, 0.2) is 5.75 Å². The van der Waals surface area contributed by atoms with Gasteiger partial charge in [0, 0.05) is 6.54 Å². The van der Waals surface area contributed by atoms with Crippen molar-refractivity contribution in [2.45, 2.75) is 51.2 Å². The van der Waals surface area contributed by atoms with Crippen molar-refractivity contribution in [2.75, 3.05) is 7.11 Å². The number of carboxylic acids is 1. The van der Waals surface area contributed by atoms with Crippen molar-refractivity contribution in [3.63, 3.8) is 0 Å². The van der Waals surface area contributed by atoms with E-state index >= 15 is 0 Å². The number of carboxylic acid groups (broad SMARTS) is 1. The molecule has 1 aromatic heterocycles. The molecule has 1 aliphatic heterocycles. The van der Waals surface area contributed by atoms with Crippen molar-refractivity contribution < 1.29 is 14.6 Å². The first-order valence-corrected chi connectivity index (χ1v) is 6.76. The van der Waals surface area contributed by atoms with Gasteiger partial charge in [-0.3, -0.25) is 14.8 Å². The monoisotopic (exact) mass is 267 g/mol. The van der Waals surface area contributed by atoms with Gasteiger partial charge >= 0.3 is 5.97 Å². The maximum Gasteiger partial charge on any atom is 0.320 e. The molecule has 2 unspecified atom stereocenters. The lowest BCUT2D eigenvalue weighted by Crippen LogP contribution is -2.43. The number of aryl methyl sites for hydroxylation is 1. The molecule has 1 saturated heterocycles. The van der Waals surface area contributed by atoms with Crippen LogP contribution in [0.25, 0.3) is 0 Å². The van der Waals surface area contributed by atoms with Crippen LogP contribution in [-0.4, -0.2) is 34.0 Å². The number of aliphatic carboxylic acids is 1. The van der Waals surface area contributed by atoms with Crippen LogP contribution >= 0.6 is 0 Å².